The number of halogens is 3. The third-order valence-corrected chi connectivity index (χ3v) is 5.37. The number of carbonyl (C=O) groups excluding carboxylic acids is 1. The number of amides is 1. The van der Waals surface area contributed by atoms with Crippen LogP contribution in [0.5, 0.6) is 5.75 Å². The second-order valence-corrected chi connectivity index (χ2v) is 8.00. The Balaban J connectivity index is 1.93. The van der Waals surface area contributed by atoms with Gasteiger partial charge in [0.05, 0.1) is 23.5 Å². The third kappa shape index (κ3) is 5.42. The lowest BCUT2D eigenvalue weighted by Crippen LogP contribution is -2.47. The fraction of sp³-hybridized carbons (Fsp3) is 0.500. The first-order valence-corrected chi connectivity index (χ1v) is 8.65. The zero-order chi connectivity index (χ0) is 17.3. The van der Waals surface area contributed by atoms with Crippen LogP contribution in [-0.4, -0.2) is 37.7 Å². The molecule has 0 aliphatic carbocycles. The van der Waals surface area contributed by atoms with E-state index in [-0.39, 0.29) is 29.6 Å². The van der Waals surface area contributed by atoms with Gasteiger partial charge in [0.15, 0.2) is 9.84 Å². The molecule has 1 aliphatic heterocycles. The van der Waals surface area contributed by atoms with Crippen molar-refractivity contribution >= 4 is 15.7 Å². The third-order valence-electron chi connectivity index (χ3n) is 3.47. The van der Waals surface area contributed by atoms with Gasteiger partial charge in [0.25, 0.3) is 0 Å². The Morgan fingerprint density at radius 1 is 1.30 bits per heavy atom. The molecule has 0 bridgehead atoms. The highest BCUT2D eigenvalue weighted by atomic mass is 32.2. The topological polar surface area (TPSA) is 72.5 Å². The van der Waals surface area contributed by atoms with Crippen LogP contribution in [0, 0.1) is 0 Å². The molecule has 0 spiro atoms. The minimum absolute atomic E-state index is 0.0350. The SMILES string of the molecule is C[C@@]1(NC(=O)Cc2ccc(OC(F)(F)F)cc2)CCS(=O)(=O)C1. The highest BCUT2D eigenvalue weighted by Gasteiger charge is 2.39. The van der Waals surface area contributed by atoms with Crippen LogP contribution in [0.2, 0.25) is 0 Å². The number of rotatable bonds is 4. The lowest BCUT2D eigenvalue weighted by molar-refractivity contribution is -0.274. The quantitative estimate of drug-likeness (QED) is 0.898. The summed E-state index contributed by atoms with van der Waals surface area (Å²) < 4.78 is 62.8. The Kier molecular flexibility index (Phi) is 4.61. The number of hydrogen-bond donors (Lipinski definition) is 1. The van der Waals surface area contributed by atoms with Crippen molar-refractivity contribution in [1.82, 2.24) is 5.32 Å². The number of hydrogen-bond acceptors (Lipinski definition) is 4. The van der Waals surface area contributed by atoms with Gasteiger partial charge in [0.1, 0.15) is 5.75 Å². The summed E-state index contributed by atoms with van der Waals surface area (Å²) in [5, 5.41) is 2.68. The first kappa shape index (κ1) is 17.6. The molecule has 1 amide bonds. The largest absolute Gasteiger partial charge is 0.573 e. The van der Waals surface area contributed by atoms with E-state index < -0.39 is 21.7 Å². The van der Waals surface area contributed by atoms with Crippen LogP contribution in [0.4, 0.5) is 13.2 Å². The predicted octanol–water partition coefficient (Wildman–Crippen LogP) is 1.82. The van der Waals surface area contributed by atoms with E-state index in [9.17, 15) is 26.4 Å². The van der Waals surface area contributed by atoms with Gasteiger partial charge >= 0.3 is 6.36 Å². The summed E-state index contributed by atoms with van der Waals surface area (Å²) in [4.78, 5) is 12.0. The van der Waals surface area contributed by atoms with E-state index in [0.717, 1.165) is 12.1 Å². The second kappa shape index (κ2) is 6.03. The molecular weight excluding hydrogens is 335 g/mol. The van der Waals surface area contributed by atoms with Crippen LogP contribution in [0.3, 0.4) is 0 Å². The molecule has 1 aromatic rings. The van der Waals surface area contributed by atoms with Gasteiger partial charge in [-0.1, -0.05) is 12.1 Å². The maximum absolute atomic E-state index is 12.0. The first-order chi connectivity index (χ1) is 10.5. The van der Waals surface area contributed by atoms with Crippen LogP contribution in [0.25, 0.3) is 0 Å². The van der Waals surface area contributed by atoms with Gasteiger partial charge < -0.3 is 10.1 Å². The van der Waals surface area contributed by atoms with Gasteiger partial charge in [-0.3, -0.25) is 4.79 Å². The summed E-state index contributed by atoms with van der Waals surface area (Å²) in [6.07, 6.45) is -4.47. The van der Waals surface area contributed by atoms with Crippen LogP contribution >= 0.6 is 0 Å². The molecule has 23 heavy (non-hydrogen) atoms. The Morgan fingerprint density at radius 3 is 2.39 bits per heavy atom. The van der Waals surface area contributed by atoms with Crippen LogP contribution in [-0.2, 0) is 21.1 Å². The summed E-state index contributed by atoms with van der Waals surface area (Å²) in [6, 6.07) is 4.96. The Morgan fingerprint density at radius 2 is 1.91 bits per heavy atom. The molecule has 0 aromatic heterocycles. The standard InChI is InChI=1S/C14H16F3NO4S/c1-13(6-7-23(20,21)9-13)18-12(19)8-10-2-4-11(5-3-10)22-14(15,16)17/h2-5H,6-9H2,1H3,(H,18,19)/t13-/m1/s1. The summed E-state index contributed by atoms with van der Waals surface area (Å²) in [5.41, 5.74) is -0.295. The van der Waals surface area contributed by atoms with Crippen molar-refractivity contribution < 1.29 is 31.1 Å². The predicted molar refractivity (Wildman–Crippen MR) is 76.6 cm³/mol. The van der Waals surface area contributed by atoms with Crippen molar-refractivity contribution in [3.05, 3.63) is 29.8 Å². The normalized spacial score (nSPS) is 23.5. The van der Waals surface area contributed by atoms with Crippen molar-refractivity contribution in [2.75, 3.05) is 11.5 Å². The molecular formula is C14H16F3NO4S. The summed E-state index contributed by atoms with van der Waals surface area (Å²) >= 11 is 0. The second-order valence-electron chi connectivity index (χ2n) is 5.82. The van der Waals surface area contributed by atoms with Crippen molar-refractivity contribution in [2.45, 2.75) is 31.7 Å². The number of ether oxygens (including phenoxy) is 1. The molecule has 1 N–H and O–H groups in total. The number of alkyl halides is 3. The van der Waals surface area contributed by atoms with Gasteiger partial charge in [0, 0.05) is 0 Å². The van der Waals surface area contributed by atoms with Gasteiger partial charge in [-0.15, -0.1) is 13.2 Å². The monoisotopic (exact) mass is 351 g/mol. The van der Waals surface area contributed by atoms with E-state index in [4.69, 9.17) is 0 Å². The molecule has 1 heterocycles. The number of nitrogens with one attached hydrogen (secondary N) is 1. The molecule has 9 heteroatoms. The Bertz CT molecular complexity index is 685. The fourth-order valence-corrected chi connectivity index (χ4v) is 4.58. The van der Waals surface area contributed by atoms with E-state index in [0.29, 0.717) is 12.0 Å². The Labute approximate surface area is 131 Å². The minimum atomic E-state index is -4.76. The smallest absolute Gasteiger partial charge is 0.406 e. The lowest BCUT2D eigenvalue weighted by atomic mass is 10.0. The molecule has 2 rings (SSSR count). The molecule has 1 aliphatic rings. The molecule has 128 valence electrons. The van der Waals surface area contributed by atoms with Crippen molar-refractivity contribution in [3.8, 4) is 5.75 Å². The van der Waals surface area contributed by atoms with Gasteiger partial charge in [-0.05, 0) is 31.0 Å². The molecule has 1 saturated heterocycles. The van der Waals surface area contributed by atoms with Crippen molar-refractivity contribution in [3.63, 3.8) is 0 Å². The number of carbonyl (C=O) groups is 1. The maximum atomic E-state index is 12.0. The highest BCUT2D eigenvalue weighted by molar-refractivity contribution is 7.91. The van der Waals surface area contributed by atoms with E-state index in [1.807, 2.05) is 0 Å². The van der Waals surface area contributed by atoms with Gasteiger partial charge in [-0.25, -0.2) is 8.42 Å². The zero-order valence-corrected chi connectivity index (χ0v) is 13.1. The number of sulfone groups is 1. The molecule has 5 nitrogen and oxygen atoms in total. The van der Waals surface area contributed by atoms with Crippen LogP contribution in [0.1, 0.15) is 18.9 Å². The summed E-state index contributed by atoms with van der Waals surface area (Å²) in [5.74, 6) is -0.818. The molecule has 1 atom stereocenters. The fourth-order valence-electron chi connectivity index (χ4n) is 2.48. The van der Waals surface area contributed by atoms with Crippen molar-refractivity contribution in [1.29, 1.82) is 0 Å². The molecule has 1 fully saturated rings. The van der Waals surface area contributed by atoms with Gasteiger partial charge in [-0.2, -0.15) is 0 Å². The first-order valence-electron chi connectivity index (χ1n) is 6.83. The Hall–Kier alpha value is -1.77. The number of benzene rings is 1. The molecule has 0 radical (unpaired) electrons. The molecule has 0 unspecified atom stereocenters. The minimum Gasteiger partial charge on any atom is -0.406 e. The molecule has 0 saturated carbocycles. The average Bonchev–Trinajstić information content (AvgIpc) is 2.63. The zero-order valence-electron chi connectivity index (χ0n) is 12.3. The van der Waals surface area contributed by atoms with E-state index in [2.05, 4.69) is 10.1 Å². The van der Waals surface area contributed by atoms with Crippen LogP contribution < -0.4 is 10.1 Å². The average molecular weight is 351 g/mol. The van der Waals surface area contributed by atoms with E-state index in [1.165, 1.54) is 12.1 Å². The highest BCUT2D eigenvalue weighted by Crippen LogP contribution is 2.24. The maximum Gasteiger partial charge on any atom is 0.573 e. The summed E-state index contributed by atoms with van der Waals surface area (Å²) in [7, 11) is -3.13. The van der Waals surface area contributed by atoms with Gasteiger partial charge in [0.2, 0.25) is 5.91 Å². The van der Waals surface area contributed by atoms with E-state index in [1.54, 1.807) is 6.92 Å². The molecule has 1 aromatic carbocycles. The van der Waals surface area contributed by atoms with Crippen LogP contribution in [0.15, 0.2) is 24.3 Å². The lowest BCUT2D eigenvalue weighted by Gasteiger charge is -2.23. The van der Waals surface area contributed by atoms with Crippen molar-refractivity contribution in [2.24, 2.45) is 0 Å². The summed E-state index contributed by atoms with van der Waals surface area (Å²) in [6.45, 7) is 1.66. The van der Waals surface area contributed by atoms with E-state index >= 15 is 0 Å².